The highest BCUT2D eigenvalue weighted by molar-refractivity contribution is 5.93. The highest BCUT2D eigenvalue weighted by atomic mass is 15.3. The Labute approximate surface area is 105 Å². The Kier molecular flexibility index (Phi) is 3.57. The zero-order chi connectivity index (χ0) is 12.5. The molecule has 2 aliphatic rings. The number of nitrogens with zero attached hydrogens (tertiary/aromatic N) is 3. The van der Waals surface area contributed by atoms with E-state index >= 15 is 0 Å². The summed E-state index contributed by atoms with van der Waals surface area (Å²) in [5.74, 6) is 1.84. The topological polar surface area (TPSA) is 18.8 Å². The summed E-state index contributed by atoms with van der Waals surface area (Å²) in [6, 6.07) is 0. The van der Waals surface area contributed by atoms with Gasteiger partial charge in [-0.3, -0.25) is 4.99 Å². The van der Waals surface area contributed by atoms with Gasteiger partial charge in [0.05, 0.1) is 6.54 Å². The molecule has 3 nitrogen and oxygen atoms in total. The van der Waals surface area contributed by atoms with Gasteiger partial charge in [0.15, 0.2) is 0 Å². The van der Waals surface area contributed by atoms with Crippen molar-refractivity contribution in [1.29, 1.82) is 0 Å². The van der Waals surface area contributed by atoms with Gasteiger partial charge in [-0.2, -0.15) is 0 Å². The molecule has 96 valence electrons. The smallest absolute Gasteiger partial charge is 0.123 e. The van der Waals surface area contributed by atoms with Gasteiger partial charge in [0.2, 0.25) is 0 Å². The zero-order valence-corrected chi connectivity index (χ0v) is 11.6. The second-order valence-corrected chi connectivity index (χ2v) is 5.96. The highest BCUT2D eigenvalue weighted by Gasteiger charge is 2.28. The molecule has 1 atom stereocenters. The van der Waals surface area contributed by atoms with Crippen molar-refractivity contribution < 1.29 is 0 Å². The molecule has 0 radical (unpaired) electrons. The molecule has 1 unspecified atom stereocenters. The maximum Gasteiger partial charge on any atom is 0.123 e. The van der Waals surface area contributed by atoms with Gasteiger partial charge in [0, 0.05) is 31.6 Å². The van der Waals surface area contributed by atoms with Gasteiger partial charge < -0.3 is 9.80 Å². The predicted molar refractivity (Wildman–Crippen MR) is 73.5 cm³/mol. The van der Waals surface area contributed by atoms with Gasteiger partial charge in [-0.25, -0.2) is 0 Å². The summed E-state index contributed by atoms with van der Waals surface area (Å²) in [4.78, 5) is 9.58. The molecular formula is C14H25N3. The number of likely N-dealkylation sites (N-methyl/N-ethyl adjacent to an activating group) is 1. The van der Waals surface area contributed by atoms with E-state index in [1.165, 1.54) is 5.84 Å². The third kappa shape index (κ3) is 2.71. The Hall–Kier alpha value is -0.830. The lowest BCUT2D eigenvalue weighted by atomic mass is 9.78. The molecule has 0 aliphatic carbocycles. The molecule has 2 rings (SSSR count). The summed E-state index contributed by atoms with van der Waals surface area (Å²) in [6.07, 6.45) is 4.59. The van der Waals surface area contributed by atoms with Crippen LogP contribution in [0.1, 0.15) is 20.8 Å². The van der Waals surface area contributed by atoms with Crippen molar-refractivity contribution in [1.82, 2.24) is 9.80 Å². The van der Waals surface area contributed by atoms with Crippen LogP contribution in [0, 0.1) is 11.3 Å². The molecule has 0 aromatic carbocycles. The van der Waals surface area contributed by atoms with E-state index < -0.39 is 0 Å². The summed E-state index contributed by atoms with van der Waals surface area (Å²) >= 11 is 0. The van der Waals surface area contributed by atoms with Crippen LogP contribution in [0.3, 0.4) is 0 Å². The van der Waals surface area contributed by atoms with E-state index in [0.717, 1.165) is 32.7 Å². The second-order valence-electron chi connectivity index (χ2n) is 5.96. The van der Waals surface area contributed by atoms with E-state index in [-0.39, 0.29) is 5.41 Å². The molecule has 0 saturated carbocycles. The average Bonchev–Trinajstić information content (AvgIpc) is 2.31. The average molecular weight is 235 g/mol. The van der Waals surface area contributed by atoms with Crippen LogP contribution in [0.25, 0.3) is 0 Å². The van der Waals surface area contributed by atoms with Crippen molar-refractivity contribution in [2.45, 2.75) is 20.8 Å². The van der Waals surface area contributed by atoms with E-state index in [2.05, 4.69) is 49.8 Å². The SMILES string of the molecule is CC(C)C1(C)C=CC(N2CCN(C)CC2)=NC1. The first-order valence-electron chi connectivity index (χ1n) is 6.68. The third-order valence-electron chi connectivity index (χ3n) is 4.34. The van der Waals surface area contributed by atoms with Crippen LogP contribution in [0.2, 0.25) is 0 Å². The van der Waals surface area contributed by atoms with Crippen molar-refractivity contribution in [2.24, 2.45) is 16.3 Å². The Balaban J connectivity index is 1.98. The fraction of sp³-hybridized carbons (Fsp3) is 0.786. The van der Waals surface area contributed by atoms with Crippen LogP contribution in [0.15, 0.2) is 17.1 Å². The van der Waals surface area contributed by atoms with Gasteiger partial charge >= 0.3 is 0 Å². The summed E-state index contributed by atoms with van der Waals surface area (Å²) < 4.78 is 0. The monoisotopic (exact) mass is 235 g/mol. The van der Waals surface area contributed by atoms with Crippen LogP contribution >= 0.6 is 0 Å². The van der Waals surface area contributed by atoms with Crippen LogP contribution in [0.5, 0.6) is 0 Å². The minimum absolute atomic E-state index is 0.246. The van der Waals surface area contributed by atoms with Crippen molar-refractivity contribution >= 4 is 5.84 Å². The lowest BCUT2D eigenvalue weighted by Crippen LogP contribution is -2.47. The molecule has 17 heavy (non-hydrogen) atoms. The first-order chi connectivity index (χ1) is 8.01. The van der Waals surface area contributed by atoms with E-state index in [1.807, 2.05) is 0 Å². The standard InChI is InChI=1S/C14H25N3/c1-12(2)14(3)6-5-13(15-11-14)17-9-7-16(4)8-10-17/h5-6,12H,7-11H2,1-4H3. The van der Waals surface area contributed by atoms with Gasteiger partial charge in [-0.05, 0) is 19.0 Å². The van der Waals surface area contributed by atoms with Gasteiger partial charge in [0.1, 0.15) is 5.84 Å². The minimum Gasteiger partial charge on any atom is -0.354 e. The molecule has 0 N–H and O–H groups in total. The van der Waals surface area contributed by atoms with E-state index in [9.17, 15) is 0 Å². The van der Waals surface area contributed by atoms with Crippen molar-refractivity contribution in [2.75, 3.05) is 39.8 Å². The van der Waals surface area contributed by atoms with Crippen molar-refractivity contribution in [3.63, 3.8) is 0 Å². The number of amidine groups is 1. The van der Waals surface area contributed by atoms with Gasteiger partial charge in [0.25, 0.3) is 0 Å². The van der Waals surface area contributed by atoms with E-state index in [4.69, 9.17) is 4.99 Å². The normalized spacial score (nSPS) is 30.9. The third-order valence-corrected chi connectivity index (χ3v) is 4.34. The van der Waals surface area contributed by atoms with Crippen molar-refractivity contribution in [3.05, 3.63) is 12.2 Å². The van der Waals surface area contributed by atoms with E-state index in [1.54, 1.807) is 0 Å². The number of rotatable bonds is 1. The maximum absolute atomic E-state index is 4.79. The first-order valence-corrected chi connectivity index (χ1v) is 6.68. The fourth-order valence-corrected chi connectivity index (χ4v) is 2.24. The Bertz CT molecular complexity index is 324. The van der Waals surface area contributed by atoms with Gasteiger partial charge in [-0.1, -0.05) is 26.8 Å². The van der Waals surface area contributed by atoms with Crippen molar-refractivity contribution in [3.8, 4) is 0 Å². The molecule has 0 bridgehead atoms. The molecule has 0 amide bonds. The Morgan fingerprint density at radius 2 is 1.88 bits per heavy atom. The number of aliphatic imine (C=N–C) groups is 1. The lowest BCUT2D eigenvalue weighted by Gasteiger charge is -2.37. The minimum atomic E-state index is 0.246. The highest BCUT2D eigenvalue weighted by Crippen LogP contribution is 2.31. The molecule has 2 heterocycles. The van der Waals surface area contributed by atoms with Crippen LogP contribution in [0.4, 0.5) is 0 Å². The first kappa shape index (κ1) is 12.6. The largest absolute Gasteiger partial charge is 0.354 e. The molecule has 0 aromatic rings. The summed E-state index contributed by atoms with van der Waals surface area (Å²) in [6.45, 7) is 12.3. The van der Waals surface area contributed by atoms with Crippen LogP contribution < -0.4 is 0 Å². The molecule has 1 saturated heterocycles. The summed E-state index contributed by atoms with van der Waals surface area (Å²) in [7, 11) is 2.19. The van der Waals surface area contributed by atoms with Crippen LogP contribution in [-0.2, 0) is 0 Å². The Morgan fingerprint density at radius 1 is 1.24 bits per heavy atom. The maximum atomic E-state index is 4.79. The van der Waals surface area contributed by atoms with E-state index in [0.29, 0.717) is 5.92 Å². The molecular weight excluding hydrogens is 210 g/mol. The van der Waals surface area contributed by atoms with Crippen LogP contribution in [-0.4, -0.2) is 55.4 Å². The molecule has 0 aromatic heterocycles. The molecule has 1 fully saturated rings. The lowest BCUT2D eigenvalue weighted by molar-refractivity contribution is 0.213. The fourth-order valence-electron chi connectivity index (χ4n) is 2.24. The number of piperazine rings is 1. The second kappa shape index (κ2) is 4.81. The molecule has 2 aliphatic heterocycles. The molecule has 0 spiro atoms. The number of hydrogen-bond acceptors (Lipinski definition) is 3. The predicted octanol–water partition coefficient (Wildman–Crippen LogP) is 1.86. The number of dihydropyridines is 1. The molecule has 3 heteroatoms. The summed E-state index contributed by atoms with van der Waals surface area (Å²) in [5.41, 5.74) is 0.246. The Morgan fingerprint density at radius 3 is 2.35 bits per heavy atom. The summed E-state index contributed by atoms with van der Waals surface area (Å²) in [5, 5.41) is 0. The number of hydrogen-bond donors (Lipinski definition) is 0. The quantitative estimate of drug-likeness (QED) is 0.691. The zero-order valence-electron chi connectivity index (χ0n) is 11.6. The van der Waals surface area contributed by atoms with Gasteiger partial charge in [-0.15, -0.1) is 0 Å².